The third kappa shape index (κ3) is 1.83. The first kappa shape index (κ1) is 9.72. The van der Waals surface area contributed by atoms with Gasteiger partial charge in [-0.1, -0.05) is 36.8 Å². The molecule has 1 heterocycles. The Morgan fingerprint density at radius 2 is 1.93 bits per heavy atom. The summed E-state index contributed by atoms with van der Waals surface area (Å²) in [6.45, 7) is 6.88. The zero-order valence-electron chi connectivity index (χ0n) is 9.14. The van der Waals surface area contributed by atoms with Crippen molar-refractivity contribution in [2.75, 3.05) is 13.1 Å². The summed E-state index contributed by atoms with van der Waals surface area (Å²) in [6.07, 6.45) is 2.52. The van der Waals surface area contributed by atoms with Crippen LogP contribution in [0.5, 0.6) is 0 Å². The van der Waals surface area contributed by atoms with Crippen LogP contribution in [0.25, 0.3) is 0 Å². The molecule has 0 radical (unpaired) electrons. The van der Waals surface area contributed by atoms with E-state index in [9.17, 15) is 0 Å². The molecule has 0 aliphatic carbocycles. The van der Waals surface area contributed by atoms with Crippen molar-refractivity contribution in [2.45, 2.75) is 32.1 Å². The van der Waals surface area contributed by atoms with Crippen LogP contribution >= 0.6 is 0 Å². The molecule has 1 aromatic rings. The fourth-order valence-corrected chi connectivity index (χ4v) is 2.29. The number of rotatable bonds is 1. The summed E-state index contributed by atoms with van der Waals surface area (Å²) in [6, 6.07) is 8.97. The first-order valence-electron chi connectivity index (χ1n) is 5.49. The van der Waals surface area contributed by atoms with Crippen LogP contribution in [-0.4, -0.2) is 13.1 Å². The number of aryl methyl sites for hydroxylation is 1. The van der Waals surface area contributed by atoms with Crippen molar-refractivity contribution < 1.29 is 0 Å². The smallest absolute Gasteiger partial charge is 0.00405 e. The van der Waals surface area contributed by atoms with Gasteiger partial charge in [-0.3, -0.25) is 0 Å². The molecule has 0 aromatic heterocycles. The van der Waals surface area contributed by atoms with Gasteiger partial charge in [0.15, 0.2) is 0 Å². The minimum Gasteiger partial charge on any atom is -0.317 e. The summed E-state index contributed by atoms with van der Waals surface area (Å²) in [5.41, 5.74) is 3.29. The number of nitrogens with one attached hydrogen (secondary N) is 1. The summed E-state index contributed by atoms with van der Waals surface area (Å²) < 4.78 is 0. The third-order valence-electron chi connectivity index (χ3n) is 3.42. The first-order valence-corrected chi connectivity index (χ1v) is 5.49. The molecule has 14 heavy (non-hydrogen) atoms. The molecule has 0 amide bonds. The van der Waals surface area contributed by atoms with E-state index in [-0.39, 0.29) is 0 Å². The van der Waals surface area contributed by atoms with Crippen molar-refractivity contribution in [1.29, 1.82) is 0 Å². The van der Waals surface area contributed by atoms with Crippen molar-refractivity contribution in [1.82, 2.24) is 5.32 Å². The Morgan fingerprint density at radius 3 is 2.57 bits per heavy atom. The maximum atomic E-state index is 3.42. The van der Waals surface area contributed by atoms with Gasteiger partial charge in [-0.25, -0.2) is 0 Å². The number of benzene rings is 1. The van der Waals surface area contributed by atoms with Crippen LogP contribution in [0.15, 0.2) is 24.3 Å². The van der Waals surface area contributed by atoms with E-state index in [1.807, 2.05) is 0 Å². The molecule has 1 N–H and O–H groups in total. The SMILES string of the molecule is Cc1cccc(C2(C)CCNCC2)c1. The molecule has 2 rings (SSSR count). The Kier molecular flexibility index (Phi) is 2.60. The van der Waals surface area contributed by atoms with Gasteiger partial charge in [0.1, 0.15) is 0 Å². The summed E-state index contributed by atoms with van der Waals surface area (Å²) in [4.78, 5) is 0. The molecule has 1 aromatic carbocycles. The minimum atomic E-state index is 0.400. The molecule has 0 unspecified atom stereocenters. The van der Waals surface area contributed by atoms with E-state index in [0.29, 0.717) is 5.41 Å². The summed E-state index contributed by atoms with van der Waals surface area (Å²) >= 11 is 0. The van der Waals surface area contributed by atoms with Gasteiger partial charge in [0.05, 0.1) is 0 Å². The van der Waals surface area contributed by atoms with Gasteiger partial charge in [0.25, 0.3) is 0 Å². The molecule has 0 saturated carbocycles. The molecule has 76 valence electrons. The normalized spacial score (nSPS) is 20.7. The molecule has 1 heteroatoms. The molecule has 0 spiro atoms. The van der Waals surface area contributed by atoms with Crippen LogP contribution in [0.4, 0.5) is 0 Å². The second kappa shape index (κ2) is 3.74. The van der Waals surface area contributed by atoms with E-state index in [1.54, 1.807) is 0 Å². The van der Waals surface area contributed by atoms with Gasteiger partial charge in [-0.15, -0.1) is 0 Å². The topological polar surface area (TPSA) is 12.0 Å². The number of hydrogen-bond donors (Lipinski definition) is 1. The Labute approximate surface area is 86.5 Å². The lowest BCUT2D eigenvalue weighted by molar-refractivity contribution is 0.335. The number of hydrogen-bond acceptors (Lipinski definition) is 1. The summed E-state index contributed by atoms with van der Waals surface area (Å²) in [7, 11) is 0. The molecule has 0 atom stereocenters. The van der Waals surface area contributed by atoms with Crippen LogP contribution in [0.2, 0.25) is 0 Å². The third-order valence-corrected chi connectivity index (χ3v) is 3.42. The average Bonchev–Trinajstić information content (AvgIpc) is 2.19. The van der Waals surface area contributed by atoms with E-state index in [4.69, 9.17) is 0 Å². The van der Waals surface area contributed by atoms with Crippen LogP contribution in [0.1, 0.15) is 30.9 Å². The highest BCUT2D eigenvalue weighted by Gasteiger charge is 2.28. The van der Waals surface area contributed by atoms with Crippen molar-refractivity contribution in [3.05, 3.63) is 35.4 Å². The molecular formula is C13H19N. The lowest BCUT2D eigenvalue weighted by Crippen LogP contribution is -2.37. The monoisotopic (exact) mass is 189 g/mol. The van der Waals surface area contributed by atoms with E-state index < -0.39 is 0 Å². The van der Waals surface area contributed by atoms with Gasteiger partial charge >= 0.3 is 0 Å². The standard InChI is InChI=1S/C13H19N/c1-11-4-3-5-12(10-11)13(2)6-8-14-9-7-13/h3-5,10,14H,6-9H2,1-2H3. The molecule has 1 fully saturated rings. The zero-order valence-corrected chi connectivity index (χ0v) is 9.14. The lowest BCUT2D eigenvalue weighted by Gasteiger charge is -2.34. The predicted octanol–water partition coefficient (Wildman–Crippen LogP) is 2.64. The Bertz CT molecular complexity index is 311. The molecule has 1 saturated heterocycles. The van der Waals surface area contributed by atoms with Gasteiger partial charge in [-0.2, -0.15) is 0 Å². The fourth-order valence-electron chi connectivity index (χ4n) is 2.29. The average molecular weight is 189 g/mol. The number of piperidine rings is 1. The van der Waals surface area contributed by atoms with Gasteiger partial charge in [0.2, 0.25) is 0 Å². The molecule has 0 bridgehead atoms. The van der Waals surface area contributed by atoms with Gasteiger partial charge < -0.3 is 5.32 Å². The van der Waals surface area contributed by atoms with Crippen LogP contribution < -0.4 is 5.32 Å². The van der Waals surface area contributed by atoms with E-state index in [0.717, 1.165) is 13.1 Å². The molecular weight excluding hydrogens is 170 g/mol. The van der Waals surface area contributed by atoms with Crippen LogP contribution in [0, 0.1) is 6.92 Å². The van der Waals surface area contributed by atoms with Crippen LogP contribution in [0.3, 0.4) is 0 Å². The van der Waals surface area contributed by atoms with E-state index in [2.05, 4.69) is 43.4 Å². The fraction of sp³-hybridized carbons (Fsp3) is 0.538. The maximum absolute atomic E-state index is 3.42. The van der Waals surface area contributed by atoms with Crippen molar-refractivity contribution in [2.24, 2.45) is 0 Å². The highest BCUT2D eigenvalue weighted by atomic mass is 14.9. The van der Waals surface area contributed by atoms with E-state index in [1.165, 1.54) is 24.0 Å². The zero-order chi connectivity index (χ0) is 10.0. The summed E-state index contributed by atoms with van der Waals surface area (Å²) in [5.74, 6) is 0. The predicted molar refractivity (Wildman–Crippen MR) is 60.6 cm³/mol. The second-order valence-electron chi connectivity index (χ2n) is 4.68. The van der Waals surface area contributed by atoms with Gasteiger partial charge in [0, 0.05) is 0 Å². The Balaban J connectivity index is 2.28. The highest BCUT2D eigenvalue weighted by Crippen LogP contribution is 2.32. The van der Waals surface area contributed by atoms with Crippen molar-refractivity contribution in [3.63, 3.8) is 0 Å². The minimum absolute atomic E-state index is 0.400. The quantitative estimate of drug-likeness (QED) is 0.716. The Hall–Kier alpha value is -0.820. The first-order chi connectivity index (χ1) is 6.71. The maximum Gasteiger partial charge on any atom is -0.00405 e. The molecule has 1 aliphatic heterocycles. The largest absolute Gasteiger partial charge is 0.317 e. The highest BCUT2D eigenvalue weighted by molar-refractivity contribution is 5.29. The van der Waals surface area contributed by atoms with E-state index >= 15 is 0 Å². The molecule has 1 nitrogen and oxygen atoms in total. The second-order valence-corrected chi connectivity index (χ2v) is 4.68. The Morgan fingerprint density at radius 1 is 1.21 bits per heavy atom. The molecule has 1 aliphatic rings. The van der Waals surface area contributed by atoms with Gasteiger partial charge in [-0.05, 0) is 43.8 Å². The van der Waals surface area contributed by atoms with Crippen LogP contribution in [-0.2, 0) is 5.41 Å². The lowest BCUT2D eigenvalue weighted by atomic mass is 9.75. The summed E-state index contributed by atoms with van der Waals surface area (Å²) in [5, 5.41) is 3.42. The van der Waals surface area contributed by atoms with Crippen molar-refractivity contribution in [3.8, 4) is 0 Å². The van der Waals surface area contributed by atoms with Crippen molar-refractivity contribution >= 4 is 0 Å².